The molecule has 1 aliphatic heterocycles. The van der Waals surface area contributed by atoms with Crippen molar-refractivity contribution in [1.29, 1.82) is 0 Å². The zero-order chi connectivity index (χ0) is 16.9. The van der Waals surface area contributed by atoms with Gasteiger partial charge in [0.05, 0.1) is 31.6 Å². The zero-order valence-electron chi connectivity index (χ0n) is 14.4. The van der Waals surface area contributed by atoms with Crippen LogP contribution in [0.25, 0.3) is 0 Å². The van der Waals surface area contributed by atoms with Gasteiger partial charge in [0.25, 0.3) is 0 Å². The van der Waals surface area contributed by atoms with Crippen LogP contribution in [0.1, 0.15) is 37.3 Å². The van der Waals surface area contributed by atoms with Gasteiger partial charge < -0.3 is 15.2 Å². The van der Waals surface area contributed by atoms with Gasteiger partial charge in [-0.25, -0.2) is 0 Å². The summed E-state index contributed by atoms with van der Waals surface area (Å²) in [6.45, 7) is 4.44. The predicted molar refractivity (Wildman–Crippen MR) is 89.3 cm³/mol. The molecule has 0 unspecified atom stereocenters. The maximum absolute atomic E-state index is 12.4. The number of morpholine rings is 1. The van der Waals surface area contributed by atoms with Crippen molar-refractivity contribution in [3.8, 4) is 0 Å². The van der Waals surface area contributed by atoms with Crippen molar-refractivity contribution in [1.82, 2.24) is 20.0 Å². The Morgan fingerprint density at radius 1 is 1.46 bits per heavy atom. The molecule has 2 heterocycles. The van der Waals surface area contributed by atoms with Crippen LogP contribution in [0.2, 0.25) is 0 Å². The Hall–Kier alpha value is -1.44. The van der Waals surface area contributed by atoms with E-state index >= 15 is 0 Å². The van der Waals surface area contributed by atoms with Gasteiger partial charge in [0, 0.05) is 38.3 Å². The lowest BCUT2D eigenvalue weighted by molar-refractivity contribution is -0.123. The zero-order valence-corrected chi connectivity index (χ0v) is 14.4. The lowest BCUT2D eigenvalue weighted by Gasteiger charge is -2.37. The van der Waals surface area contributed by atoms with Gasteiger partial charge in [-0.15, -0.1) is 0 Å². The standard InChI is InChI=1S/C17H28N4O3/c1-20-12-14(11-18-20)17(13-9-15(22)10-13)19-16(23)3-2-4-21-5-7-24-8-6-21/h11-13,15,17,22H,2-10H2,1H3,(H,19,23)/t13?,15?,17-/m0/s1. The van der Waals surface area contributed by atoms with Crippen LogP contribution in [0.5, 0.6) is 0 Å². The van der Waals surface area contributed by atoms with E-state index in [1.54, 1.807) is 4.68 Å². The van der Waals surface area contributed by atoms with Crippen LogP contribution >= 0.6 is 0 Å². The van der Waals surface area contributed by atoms with E-state index in [1.807, 2.05) is 19.4 Å². The molecule has 1 amide bonds. The lowest BCUT2D eigenvalue weighted by atomic mass is 9.75. The van der Waals surface area contributed by atoms with Crippen LogP contribution in [-0.2, 0) is 16.6 Å². The van der Waals surface area contributed by atoms with Gasteiger partial charge in [0.1, 0.15) is 0 Å². The van der Waals surface area contributed by atoms with Crippen molar-refractivity contribution in [3.63, 3.8) is 0 Å². The van der Waals surface area contributed by atoms with Crippen LogP contribution in [0.3, 0.4) is 0 Å². The summed E-state index contributed by atoms with van der Waals surface area (Å²) < 4.78 is 7.09. The number of nitrogens with zero attached hydrogens (tertiary/aromatic N) is 3. The number of aryl methyl sites for hydroxylation is 1. The molecule has 24 heavy (non-hydrogen) atoms. The van der Waals surface area contributed by atoms with Crippen molar-refractivity contribution in [2.75, 3.05) is 32.8 Å². The number of amides is 1. The van der Waals surface area contributed by atoms with Crippen LogP contribution in [-0.4, -0.2) is 64.6 Å². The smallest absolute Gasteiger partial charge is 0.220 e. The van der Waals surface area contributed by atoms with E-state index in [0.717, 1.165) is 57.7 Å². The molecule has 0 spiro atoms. The average Bonchev–Trinajstić information content (AvgIpc) is 2.97. The largest absolute Gasteiger partial charge is 0.393 e. The summed E-state index contributed by atoms with van der Waals surface area (Å²) in [5.74, 6) is 0.380. The number of carbonyl (C=O) groups excluding carboxylic acids is 1. The highest BCUT2D eigenvalue weighted by Gasteiger charge is 2.36. The number of aliphatic hydroxyl groups is 1. The fraction of sp³-hybridized carbons (Fsp3) is 0.765. The van der Waals surface area contributed by atoms with Crippen LogP contribution < -0.4 is 5.32 Å². The van der Waals surface area contributed by atoms with Gasteiger partial charge >= 0.3 is 0 Å². The van der Waals surface area contributed by atoms with Crippen molar-refractivity contribution in [2.45, 2.75) is 37.8 Å². The Balaban J connectivity index is 1.47. The topological polar surface area (TPSA) is 79.6 Å². The van der Waals surface area contributed by atoms with E-state index in [0.29, 0.717) is 12.3 Å². The summed E-state index contributed by atoms with van der Waals surface area (Å²) in [4.78, 5) is 14.7. The van der Waals surface area contributed by atoms with E-state index in [1.165, 1.54) is 0 Å². The summed E-state index contributed by atoms with van der Waals surface area (Å²) in [6, 6.07) is -0.0435. The van der Waals surface area contributed by atoms with Gasteiger partial charge in [-0.1, -0.05) is 0 Å². The summed E-state index contributed by atoms with van der Waals surface area (Å²) in [5.41, 5.74) is 1.02. The Labute approximate surface area is 143 Å². The predicted octanol–water partition coefficient (Wildman–Crippen LogP) is 0.461. The van der Waals surface area contributed by atoms with Gasteiger partial charge in [0.15, 0.2) is 0 Å². The minimum absolute atomic E-state index is 0.0435. The molecule has 2 fully saturated rings. The van der Waals surface area contributed by atoms with E-state index < -0.39 is 0 Å². The molecule has 1 aromatic rings. The Kier molecular flexibility index (Phi) is 5.86. The van der Waals surface area contributed by atoms with Gasteiger partial charge in [-0.2, -0.15) is 5.10 Å². The minimum Gasteiger partial charge on any atom is -0.393 e. The maximum Gasteiger partial charge on any atom is 0.220 e. The summed E-state index contributed by atoms with van der Waals surface area (Å²) >= 11 is 0. The fourth-order valence-corrected chi connectivity index (χ4v) is 3.51. The number of aromatic nitrogens is 2. The van der Waals surface area contributed by atoms with E-state index in [4.69, 9.17) is 4.74 Å². The number of aliphatic hydroxyl groups excluding tert-OH is 1. The lowest BCUT2D eigenvalue weighted by Crippen LogP contribution is -2.41. The quantitative estimate of drug-likeness (QED) is 0.756. The Morgan fingerprint density at radius 2 is 2.21 bits per heavy atom. The molecular formula is C17H28N4O3. The number of hydrogen-bond acceptors (Lipinski definition) is 5. The summed E-state index contributed by atoms with van der Waals surface area (Å²) in [7, 11) is 1.88. The highest BCUT2D eigenvalue weighted by atomic mass is 16.5. The third-order valence-corrected chi connectivity index (χ3v) is 5.00. The molecule has 134 valence electrons. The molecule has 7 heteroatoms. The minimum atomic E-state index is -0.229. The van der Waals surface area contributed by atoms with E-state index in [2.05, 4.69) is 15.3 Å². The highest BCUT2D eigenvalue weighted by molar-refractivity contribution is 5.76. The van der Waals surface area contributed by atoms with Crippen molar-refractivity contribution in [3.05, 3.63) is 18.0 Å². The molecular weight excluding hydrogens is 308 g/mol. The Morgan fingerprint density at radius 3 is 2.83 bits per heavy atom. The molecule has 7 nitrogen and oxygen atoms in total. The second-order valence-corrected chi connectivity index (χ2v) is 6.94. The first kappa shape index (κ1) is 17.4. The van der Waals surface area contributed by atoms with Crippen molar-refractivity contribution in [2.24, 2.45) is 13.0 Å². The number of nitrogens with one attached hydrogen (secondary N) is 1. The summed E-state index contributed by atoms with van der Waals surface area (Å²) in [5, 5.41) is 17.0. The van der Waals surface area contributed by atoms with Crippen molar-refractivity contribution >= 4 is 5.91 Å². The number of carbonyl (C=O) groups is 1. The molecule has 1 aliphatic carbocycles. The fourth-order valence-electron chi connectivity index (χ4n) is 3.51. The number of hydrogen-bond donors (Lipinski definition) is 2. The van der Waals surface area contributed by atoms with Crippen LogP contribution in [0.4, 0.5) is 0 Å². The maximum atomic E-state index is 12.4. The van der Waals surface area contributed by atoms with Crippen LogP contribution in [0, 0.1) is 5.92 Å². The SMILES string of the molecule is Cn1cc([C@@H](NC(=O)CCCN2CCOCC2)C2CC(O)C2)cn1. The van der Waals surface area contributed by atoms with E-state index in [9.17, 15) is 9.90 Å². The summed E-state index contributed by atoms with van der Waals surface area (Å²) in [6.07, 6.45) is 6.41. The molecule has 1 atom stereocenters. The van der Waals surface area contributed by atoms with Crippen LogP contribution in [0.15, 0.2) is 12.4 Å². The molecule has 0 bridgehead atoms. The number of ether oxygens (including phenoxy) is 1. The monoisotopic (exact) mass is 336 g/mol. The molecule has 1 aromatic heterocycles. The molecule has 1 saturated carbocycles. The molecule has 0 radical (unpaired) electrons. The van der Waals surface area contributed by atoms with Gasteiger partial charge in [-0.3, -0.25) is 14.4 Å². The molecule has 2 N–H and O–H groups in total. The molecule has 2 aliphatic rings. The third kappa shape index (κ3) is 4.55. The van der Waals surface area contributed by atoms with Gasteiger partial charge in [-0.05, 0) is 31.7 Å². The third-order valence-electron chi connectivity index (χ3n) is 5.00. The first-order valence-corrected chi connectivity index (χ1v) is 8.88. The second kappa shape index (κ2) is 8.09. The normalized spacial score (nSPS) is 25.9. The highest BCUT2D eigenvalue weighted by Crippen LogP contribution is 2.38. The van der Waals surface area contributed by atoms with E-state index in [-0.39, 0.29) is 18.1 Å². The Bertz CT molecular complexity index is 536. The average molecular weight is 336 g/mol. The molecule has 1 saturated heterocycles. The molecule has 0 aromatic carbocycles. The second-order valence-electron chi connectivity index (χ2n) is 6.94. The van der Waals surface area contributed by atoms with Gasteiger partial charge in [0.2, 0.25) is 5.91 Å². The first-order valence-electron chi connectivity index (χ1n) is 8.88. The van der Waals surface area contributed by atoms with Crippen molar-refractivity contribution < 1.29 is 14.6 Å². The first-order chi connectivity index (χ1) is 11.6. The number of rotatable bonds is 7. The molecule has 3 rings (SSSR count).